The maximum atomic E-state index is 11.5. The van der Waals surface area contributed by atoms with Crippen molar-refractivity contribution in [1.29, 1.82) is 0 Å². The molecule has 2 N–H and O–H groups in total. The van der Waals surface area contributed by atoms with Gasteiger partial charge in [0.2, 0.25) is 5.91 Å². The number of H-pyrrole nitrogens is 1. The van der Waals surface area contributed by atoms with Gasteiger partial charge in [0, 0.05) is 17.9 Å². The molecule has 0 saturated heterocycles. The van der Waals surface area contributed by atoms with Gasteiger partial charge in [-0.3, -0.25) is 9.89 Å². The summed E-state index contributed by atoms with van der Waals surface area (Å²) in [6.45, 7) is 2.02. The summed E-state index contributed by atoms with van der Waals surface area (Å²) in [7, 11) is 0. The molecule has 0 unspecified atom stereocenters. The lowest BCUT2D eigenvalue weighted by Gasteiger charge is -2.03. The molecule has 0 saturated carbocycles. The fourth-order valence-electron chi connectivity index (χ4n) is 1.27. The number of aryl methyl sites for hydroxylation is 1. The molecule has 0 radical (unpaired) electrons. The Morgan fingerprint density at radius 2 is 2.40 bits per heavy atom. The van der Waals surface area contributed by atoms with Gasteiger partial charge in [-0.2, -0.15) is 5.10 Å². The number of aromatic amines is 1. The first-order valence-electron chi connectivity index (χ1n) is 5.16. The number of nitrogens with one attached hydrogen (secondary N) is 2. The van der Waals surface area contributed by atoms with Crippen LogP contribution in [-0.4, -0.2) is 22.0 Å². The zero-order chi connectivity index (χ0) is 11.1. The van der Waals surface area contributed by atoms with Gasteiger partial charge >= 0.3 is 0 Å². The van der Waals surface area contributed by atoms with Gasteiger partial charge in [0.05, 0.1) is 6.20 Å². The lowest BCUT2D eigenvalue weighted by atomic mass is 10.2. The standard InChI is InChI=1S/C10H16ClN3O/c1-2-8-7-12-14-10(8)13-9(15)5-3-4-6-11/h7H,2-6H2,1H3,(H2,12,13,14,15). The molecular weight excluding hydrogens is 214 g/mol. The number of unbranched alkanes of at least 4 members (excludes halogenated alkanes) is 1. The number of carbonyl (C=O) groups is 1. The van der Waals surface area contributed by atoms with E-state index in [2.05, 4.69) is 15.5 Å². The monoisotopic (exact) mass is 229 g/mol. The average molecular weight is 230 g/mol. The molecule has 84 valence electrons. The van der Waals surface area contributed by atoms with Gasteiger partial charge in [-0.1, -0.05) is 6.92 Å². The fourth-order valence-corrected chi connectivity index (χ4v) is 1.46. The Kier molecular flexibility index (Phi) is 5.18. The Morgan fingerprint density at radius 3 is 3.07 bits per heavy atom. The Balaban J connectivity index is 2.37. The van der Waals surface area contributed by atoms with E-state index in [4.69, 9.17) is 11.6 Å². The van der Waals surface area contributed by atoms with Crippen LogP contribution >= 0.6 is 11.6 Å². The van der Waals surface area contributed by atoms with E-state index in [9.17, 15) is 4.79 Å². The molecule has 1 rings (SSSR count). The van der Waals surface area contributed by atoms with Crippen molar-refractivity contribution in [3.63, 3.8) is 0 Å². The molecule has 0 atom stereocenters. The van der Waals surface area contributed by atoms with Crippen LogP contribution in [-0.2, 0) is 11.2 Å². The van der Waals surface area contributed by atoms with E-state index < -0.39 is 0 Å². The lowest BCUT2D eigenvalue weighted by Crippen LogP contribution is -2.12. The molecular formula is C10H16ClN3O. The Labute approximate surface area is 94.4 Å². The number of anilines is 1. The summed E-state index contributed by atoms with van der Waals surface area (Å²) in [6, 6.07) is 0. The maximum Gasteiger partial charge on any atom is 0.225 e. The van der Waals surface area contributed by atoms with Crippen LogP contribution in [0.1, 0.15) is 31.7 Å². The maximum absolute atomic E-state index is 11.5. The molecule has 0 bridgehead atoms. The van der Waals surface area contributed by atoms with Gasteiger partial charge in [0.15, 0.2) is 0 Å². The predicted octanol–water partition coefficient (Wildman–Crippen LogP) is 2.32. The van der Waals surface area contributed by atoms with E-state index in [0.717, 1.165) is 24.8 Å². The number of alkyl halides is 1. The van der Waals surface area contributed by atoms with Crippen LogP contribution in [0.3, 0.4) is 0 Å². The third kappa shape index (κ3) is 3.91. The molecule has 0 aliphatic heterocycles. The van der Waals surface area contributed by atoms with Gasteiger partial charge in [-0.25, -0.2) is 0 Å². The number of halogens is 1. The zero-order valence-corrected chi connectivity index (χ0v) is 9.60. The highest BCUT2D eigenvalue weighted by atomic mass is 35.5. The number of carbonyl (C=O) groups excluding carboxylic acids is 1. The van der Waals surface area contributed by atoms with Crippen LogP contribution in [0.2, 0.25) is 0 Å². The number of aromatic nitrogens is 2. The molecule has 0 fully saturated rings. The quantitative estimate of drug-likeness (QED) is 0.581. The number of amides is 1. The molecule has 15 heavy (non-hydrogen) atoms. The minimum atomic E-state index is 0.0130. The summed E-state index contributed by atoms with van der Waals surface area (Å²) < 4.78 is 0. The van der Waals surface area contributed by atoms with E-state index in [-0.39, 0.29) is 5.91 Å². The summed E-state index contributed by atoms with van der Waals surface area (Å²) in [6.07, 6.45) is 4.79. The van der Waals surface area contributed by atoms with Crippen molar-refractivity contribution in [3.8, 4) is 0 Å². The molecule has 1 aromatic rings. The van der Waals surface area contributed by atoms with Crippen LogP contribution in [0.5, 0.6) is 0 Å². The number of nitrogens with zero attached hydrogens (tertiary/aromatic N) is 1. The highest BCUT2D eigenvalue weighted by molar-refractivity contribution is 6.17. The predicted molar refractivity (Wildman–Crippen MR) is 61.2 cm³/mol. The first-order valence-corrected chi connectivity index (χ1v) is 5.69. The van der Waals surface area contributed by atoms with E-state index in [0.29, 0.717) is 18.1 Å². The fraction of sp³-hybridized carbons (Fsp3) is 0.600. The minimum absolute atomic E-state index is 0.0130. The van der Waals surface area contributed by atoms with E-state index in [1.165, 1.54) is 0 Å². The van der Waals surface area contributed by atoms with Gasteiger partial charge in [-0.05, 0) is 19.3 Å². The van der Waals surface area contributed by atoms with Crippen molar-refractivity contribution in [2.24, 2.45) is 0 Å². The third-order valence-electron chi connectivity index (χ3n) is 2.15. The molecule has 0 aliphatic rings. The smallest absolute Gasteiger partial charge is 0.225 e. The molecule has 1 aromatic heterocycles. The van der Waals surface area contributed by atoms with Crippen molar-refractivity contribution in [2.75, 3.05) is 11.2 Å². The highest BCUT2D eigenvalue weighted by Crippen LogP contribution is 2.11. The van der Waals surface area contributed by atoms with Crippen LogP contribution in [0.4, 0.5) is 5.82 Å². The van der Waals surface area contributed by atoms with Crippen LogP contribution in [0.15, 0.2) is 6.20 Å². The Morgan fingerprint density at radius 1 is 1.60 bits per heavy atom. The largest absolute Gasteiger partial charge is 0.311 e. The van der Waals surface area contributed by atoms with E-state index in [1.54, 1.807) is 6.20 Å². The van der Waals surface area contributed by atoms with Crippen molar-refractivity contribution in [1.82, 2.24) is 10.2 Å². The molecule has 0 aliphatic carbocycles. The molecule has 1 amide bonds. The zero-order valence-electron chi connectivity index (χ0n) is 8.85. The summed E-state index contributed by atoms with van der Waals surface area (Å²) in [5, 5.41) is 9.45. The van der Waals surface area contributed by atoms with Crippen LogP contribution in [0.25, 0.3) is 0 Å². The van der Waals surface area contributed by atoms with Gasteiger partial charge in [-0.15, -0.1) is 11.6 Å². The second kappa shape index (κ2) is 6.45. The third-order valence-corrected chi connectivity index (χ3v) is 2.42. The van der Waals surface area contributed by atoms with Gasteiger partial charge in [0.1, 0.15) is 5.82 Å². The Bertz CT molecular complexity index is 311. The van der Waals surface area contributed by atoms with Gasteiger partial charge in [0.25, 0.3) is 0 Å². The van der Waals surface area contributed by atoms with Gasteiger partial charge < -0.3 is 5.32 Å². The number of rotatable bonds is 6. The highest BCUT2D eigenvalue weighted by Gasteiger charge is 2.06. The average Bonchev–Trinajstić information content (AvgIpc) is 2.65. The van der Waals surface area contributed by atoms with Crippen molar-refractivity contribution >= 4 is 23.3 Å². The molecule has 5 heteroatoms. The first kappa shape index (κ1) is 12.0. The van der Waals surface area contributed by atoms with E-state index >= 15 is 0 Å². The topological polar surface area (TPSA) is 57.8 Å². The first-order chi connectivity index (χ1) is 7.27. The van der Waals surface area contributed by atoms with Crippen LogP contribution in [0, 0.1) is 0 Å². The summed E-state index contributed by atoms with van der Waals surface area (Å²) >= 11 is 5.53. The van der Waals surface area contributed by atoms with Crippen molar-refractivity contribution in [3.05, 3.63) is 11.8 Å². The molecule has 0 aromatic carbocycles. The Hall–Kier alpha value is -1.03. The SMILES string of the molecule is CCc1cn[nH]c1NC(=O)CCCCCl. The summed E-state index contributed by atoms with van der Waals surface area (Å²) in [5.74, 6) is 1.34. The van der Waals surface area contributed by atoms with Crippen molar-refractivity contribution < 1.29 is 4.79 Å². The normalized spacial score (nSPS) is 10.3. The lowest BCUT2D eigenvalue weighted by molar-refractivity contribution is -0.116. The second-order valence-corrected chi connectivity index (χ2v) is 3.70. The minimum Gasteiger partial charge on any atom is -0.311 e. The number of hydrogen-bond acceptors (Lipinski definition) is 2. The van der Waals surface area contributed by atoms with Crippen LogP contribution < -0.4 is 5.32 Å². The molecule has 4 nitrogen and oxygen atoms in total. The summed E-state index contributed by atoms with van der Waals surface area (Å²) in [4.78, 5) is 11.5. The molecule has 0 spiro atoms. The molecule has 1 heterocycles. The van der Waals surface area contributed by atoms with Crippen molar-refractivity contribution in [2.45, 2.75) is 32.6 Å². The second-order valence-electron chi connectivity index (χ2n) is 3.32. The van der Waals surface area contributed by atoms with E-state index in [1.807, 2.05) is 6.92 Å². The summed E-state index contributed by atoms with van der Waals surface area (Å²) in [5.41, 5.74) is 1.03. The number of hydrogen-bond donors (Lipinski definition) is 2.